The third kappa shape index (κ3) is 3.60. The van der Waals surface area contributed by atoms with Gasteiger partial charge in [0.15, 0.2) is 0 Å². The van der Waals surface area contributed by atoms with Crippen LogP contribution in [0, 0.1) is 6.92 Å². The van der Waals surface area contributed by atoms with Crippen LogP contribution in [0.5, 0.6) is 0 Å². The molecule has 0 radical (unpaired) electrons. The fourth-order valence-electron chi connectivity index (χ4n) is 3.53. The van der Waals surface area contributed by atoms with Crippen molar-refractivity contribution in [1.82, 2.24) is 0 Å². The number of benzene rings is 3. The zero-order valence-corrected chi connectivity index (χ0v) is 17.5. The number of rotatable bonds is 3. The number of hydrogen-bond donors (Lipinski definition) is 1. The molecule has 0 aliphatic carbocycles. The van der Waals surface area contributed by atoms with Crippen LogP contribution in [0.25, 0.3) is 5.76 Å². The third-order valence-electron chi connectivity index (χ3n) is 5.06. The molecule has 4 rings (SSSR count). The molecule has 1 unspecified atom stereocenters. The van der Waals surface area contributed by atoms with Crippen LogP contribution in [0.1, 0.15) is 22.7 Å². The molecule has 1 aliphatic rings. The molecule has 0 spiro atoms. The number of nitrogens with zero attached hydrogens (tertiary/aromatic N) is 1. The fraction of sp³-hybridized carbons (Fsp3) is 0.0833. The average molecular weight is 438 g/mol. The lowest BCUT2D eigenvalue weighted by atomic mass is 9.95. The highest BCUT2D eigenvalue weighted by molar-refractivity contribution is 6.51. The van der Waals surface area contributed by atoms with Crippen molar-refractivity contribution in [3.63, 3.8) is 0 Å². The standard InChI is InChI=1S/C24H17Cl2NO3/c1-14-2-12-19(13-3-14)27-21(15-4-8-17(25)9-5-15)20(23(29)24(27)30)22(28)16-6-10-18(26)11-7-16/h2-13,21,28H,1H3/b22-20-. The van der Waals surface area contributed by atoms with E-state index in [9.17, 15) is 14.7 Å². The molecule has 1 heterocycles. The minimum Gasteiger partial charge on any atom is -0.507 e. The number of aryl methyl sites for hydroxylation is 1. The van der Waals surface area contributed by atoms with Gasteiger partial charge in [-0.3, -0.25) is 14.5 Å². The minimum atomic E-state index is -0.791. The zero-order chi connectivity index (χ0) is 21.4. The maximum atomic E-state index is 13.0. The number of anilines is 1. The summed E-state index contributed by atoms with van der Waals surface area (Å²) in [6.45, 7) is 1.94. The molecule has 1 aliphatic heterocycles. The Kier molecular flexibility index (Phi) is 5.37. The maximum Gasteiger partial charge on any atom is 0.300 e. The lowest BCUT2D eigenvalue weighted by Gasteiger charge is -2.25. The van der Waals surface area contributed by atoms with Crippen LogP contribution in [0.15, 0.2) is 78.4 Å². The van der Waals surface area contributed by atoms with Crippen LogP contribution in [0.2, 0.25) is 10.0 Å². The number of aliphatic hydroxyl groups excluding tert-OH is 1. The molecule has 3 aromatic carbocycles. The van der Waals surface area contributed by atoms with Gasteiger partial charge in [-0.15, -0.1) is 0 Å². The Bertz CT molecular complexity index is 1150. The van der Waals surface area contributed by atoms with E-state index in [1.807, 2.05) is 19.1 Å². The van der Waals surface area contributed by atoms with Crippen molar-refractivity contribution < 1.29 is 14.7 Å². The van der Waals surface area contributed by atoms with Crippen LogP contribution in [-0.4, -0.2) is 16.8 Å². The molecule has 1 atom stereocenters. The van der Waals surface area contributed by atoms with Gasteiger partial charge in [0.05, 0.1) is 11.6 Å². The number of aliphatic hydroxyl groups is 1. The van der Waals surface area contributed by atoms with Gasteiger partial charge in [0, 0.05) is 21.3 Å². The van der Waals surface area contributed by atoms with E-state index >= 15 is 0 Å². The number of amides is 1. The molecule has 0 saturated carbocycles. The molecule has 0 aromatic heterocycles. The van der Waals surface area contributed by atoms with Crippen LogP contribution in [0.4, 0.5) is 5.69 Å². The molecule has 30 heavy (non-hydrogen) atoms. The second-order valence-electron chi connectivity index (χ2n) is 7.06. The minimum absolute atomic E-state index is 0.0187. The molecule has 1 amide bonds. The van der Waals surface area contributed by atoms with E-state index in [0.717, 1.165) is 5.56 Å². The van der Waals surface area contributed by atoms with Gasteiger partial charge in [-0.25, -0.2) is 0 Å². The highest BCUT2D eigenvalue weighted by Crippen LogP contribution is 2.42. The zero-order valence-electron chi connectivity index (χ0n) is 16.0. The first kappa shape index (κ1) is 20.2. The lowest BCUT2D eigenvalue weighted by molar-refractivity contribution is -0.132. The Labute approximate surface area is 184 Å². The van der Waals surface area contributed by atoms with Crippen LogP contribution >= 0.6 is 23.2 Å². The normalized spacial score (nSPS) is 18.1. The number of carbonyl (C=O) groups excluding carboxylic acids is 2. The molecule has 1 N–H and O–H groups in total. The van der Waals surface area contributed by atoms with Crippen LogP contribution in [-0.2, 0) is 9.59 Å². The van der Waals surface area contributed by atoms with Crippen molar-refractivity contribution >= 4 is 46.3 Å². The third-order valence-corrected chi connectivity index (χ3v) is 5.56. The first-order chi connectivity index (χ1) is 14.4. The molecule has 150 valence electrons. The summed E-state index contributed by atoms with van der Waals surface area (Å²) in [5, 5.41) is 12.0. The van der Waals surface area contributed by atoms with Crippen molar-refractivity contribution in [3.05, 3.63) is 105 Å². The van der Waals surface area contributed by atoms with E-state index in [4.69, 9.17) is 23.2 Å². The largest absolute Gasteiger partial charge is 0.507 e. The van der Waals surface area contributed by atoms with E-state index in [1.54, 1.807) is 60.7 Å². The van der Waals surface area contributed by atoms with Crippen LogP contribution < -0.4 is 4.90 Å². The van der Waals surface area contributed by atoms with Crippen molar-refractivity contribution in [3.8, 4) is 0 Å². The summed E-state index contributed by atoms with van der Waals surface area (Å²) in [5.41, 5.74) is 2.68. The highest BCUT2D eigenvalue weighted by Gasteiger charge is 2.46. The van der Waals surface area contributed by atoms with Gasteiger partial charge < -0.3 is 5.11 Å². The van der Waals surface area contributed by atoms with Crippen LogP contribution in [0.3, 0.4) is 0 Å². The smallest absolute Gasteiger partial charge is 0.300 e. The SMILES string of the molecule is Cc1ccc(N2C(=O)C(=O)/C(=C(\O)c3ccc(Cl)cc3)C2c2ccc(Cl)cc2)cc1. The Hall–Kier alpha value is -3.08. The van der Waals surface area contributed by atoms with E-state index in [-0.39, 0.29) is 11.3 Å². The summed E-state index contributed by atoms with van der Waals surface area (Å²) in [7, 11) is 0. The van der Waals surface area contributed by atoms with Gasteiger partial charge in [0.2, 0.25) is 0 Å². The summed E-state index contributed by atoms with van der Waals surface area (Å²) in [5.74, 6) is -1.70. The van der Waals surface area contributed by atoms with E-state index in [0.29, 0.717) is 26.9 Å². The second-order valence-corrected chi connectivity index (χ2v) is 7.94. The predicted octanol–water partition coefficient (Wildman–Crippen LogP) is 5.93. The summed E-state index contributed by atoms with van der Waals surface area (Å²) in [6, 6.07) is 19.8. The molecule has 1 fully saturated rings. The number of ketones is 1. The first-order valence-electron chi connectivity index (χ1n) is 9.26. The summed E-state index contributed by atoms with van der Waals surface area (Å²) in [4.78, 5) is 27.5. The predicted molar refractivity (Wildman–Crippen MR) is 119 cm³/mol. The van der Waals surface area contributed by atoms with Crippen molar-refractivity contribution in [2.45, 2.75) is 13.0 Å². The molecule has 0 bridgehead atoms. The second kappa shape index (κ2) is 7.98. The maximum absolute atomic E-state index is 13.0. The summed E-state index contributed by atoms with van der Waals surface area (Å²) in [6.07, 6.45) is 0. The molecule has 3 aromatic rings. The monoisotopic (exact) mass is 437 g/mol. The van der Waals surface area contributed by atoms with Gasteiger partial charge >= 0.3 is 0 Å². The lowest BCUT2D eigenvalue weighted by Crippen LogP contribution is -2.29. The molecular weight excluding hydrogens is 421 g/mol. The number of hydrogen-bond acceptors (Lipinski definition) is 3. The van der Waals surface area contributed by atoms with Gasteiger partial charge in [0.1, 0.15) is 5.76 Å². The van der Waals surface area contributed by atoms with E-state index in [2.05, 4.69) is 0 Å². The molecule has 6 heteroatoms. The van der Waals surface area contributed by atoms with Gasteiger partial charge in [-0.05, 0) is 61.0 Å². The van der Waals surface area contributed by atoms with Gasteiger partial charge in [-0.1, -0.05) is 53.0 Å². The fourth-order valence-corrected chi connectivity index (χ4v) is 3.78. The Balaban J connectivity index is 1.93. The van der Waals surface area contributed by atoms with E-state index < -0.39 is 17.7 Å². The summed E-state index contributed by atoms with van der Waals surface area (Å²) >= 11 is 12.0. The van der Waals surface area contributed by atoms with Crippen molar-refractivity contribution in [2.24, 2.45) is 0 Å². The van der Waals surface area contributed by atoms with Gasteiger partial charge in [-0.2, -0.15) is 0 Å². The Morgan fingerprint density at radius 1 is 0.833 bits per heavy atom. The first-order valence-corrected chi connectivity index (χ1v) is 10.0. The quantitative estimate of drug-likeness (QED) is 0.313. The molecule has 4 nitrogen and oxygen atoms in total. The Morgan fingerprint density at radius 3 is 1.93 bits per heavy atom. The molecule has 1 saturated heterocycles. The highest BCUT2D eigenvalue weighted by atomic mass is 35.5. The molecular formula is C24H17Cl2NO3. The number of carbonyl (C=O) groups is 2. The van der Waals surface area contributed by atoms with Gasteiger partial charge in [0.25, 0.3) is 11.7 Å². The average Bonchev–Trinajstić information content (AvgIpc) is 3.00. The number of halogens is 2. The topological polar surface area (TPSA) is 57.6 Å². The van der Waals surface area contributed by atoms with Crippen molar-refractivity contribution in [2.75, 3.05) is 4.90 Å². The Morgan fingerprint density at radius 2 is 1.37 bits per heavy atom. The summed E-state index contributed by atoms with van der Waals surface area (Å²) < 4.78 is 0. The van der Waals surface area contributed by atoms with E-state index in [1.165, 1.54) is 4.90 Å². The van der Waals surface area contributed by atoms with Crippen molar-refractivity contribution in [1.29, 1.82) is 0 Å². The number of Topliss-reactive ketones (excluding diaryl/α,β-unsaturated/α-hetero) is 1.